The van der Waals surface area contributed by atoms with Crippen molar-refractivity contribution in [1.82, 2.24) is 10.3 Å². The van der Waals surface area contributed by atoms with E-state index in [0.717, 1.165) is 15.7 Å². The van der Waals surface area contributed by atoms with Crippen molar-refractivity contribution in [3.05, 3.63) is 50.4 Å². The Morgan fingerprint density at radius 3 is 3.00 bits per heavy atom. The molecule has 2 rings (SSSR count). The quantitative estimate of drug-likeness (QED) is 0.946. The normalized spacial score (nSPS) is 10.2. The Bertz CT molecular complexity index is 539. The van der Waals surface area contributed by atoms with Crippen molar-refractivity contribution >= 4 is 33.2 Å². The fraction of sp³-hybridized carbons (Fsp3) is 0.167. The zero-order valence-corrected chi connectivity index (χ0v) is 11.6. The Morgan fingerprint density at radius 1 is 1.53 bits per heavy atom. The summed E-state index contributed by atoms with van der Waals surface area (Å²) in [4.78, 5) is 16.8. The van der Waals surface area contributed by atoms with E-state index in [1.165, 1.54) is 11.3 Å². The molecule has 1 N–H and O–H groups in total. The molecule has 2 heterocycles. The minimum atomic E-state index is -0.0723. The maximum Gasteiger partial charge on any atom is 0.262 e. The van der Waals surface area contributed by atoms with Gasteiger partial charge in [0.25, 0.3) is 5.91 Å². The first-order chi connectivity index (χ1) is 8.18. The number of amides is 1. The van der Waals surface area contributed by atoms with E-state index in [4.69, 9.17) is 0 Å². The lowest BCUT2D eigenvalue weighted by Gasteiger charge is -2.06. The molecule has 17 heavy (non-hydrogen) atoms. The Hall–Kier alpha value is -1.20. The largest absolute Gasteiger partial charge is 0.346 e. The zero-order chi connectivity index (χ0) is 12.3. The second kappa shape index (κ2) is 5.42. The molecule has 0 unspecified atom stereocenters. The van der Waals surface area contributed by atoms with Crippen LogP contribution in [0.15, 0.2) is 34.2 Å². The van der Waals surface area contributed by atoms with Gasteiger partial charge >= 0.3 is 0 Å². The number of pyridine rings is 1. The van der Waals surface area contributed by atoms with E-state index >= 15 is 0 Å². The van der Waals surface area contributed by atoms with Crippen molar-refractivity contribution in [3.8, 4) is 0 Å². The lowest BCUT2D eigenvalue weighted by molar-refractivity contribution is 0.0954. The summed E-state index contributed by atoms with van der Waals surface area (Å²) in [6.07, 6.45) is 1.73. The van der Waals surface area contributed by atoms with Crippen molar-refractivity contribution in [2.45, 2.75) is 13.5 Å². The summed E-state index contributed by atoms with van der Waals surface area (Å²) in [5.74, 6) is -0.0723. The molecule has 0 saturated heterocycles. The van der Waals surface area contributed by atoms with Crippen LogP contribution in [0.5, 0.6) is 0 Å². The number of aryl methyl sites for hydroxylation is 1. The van der Waals surface area contributed by atoms with Crippen LogP contribution in [-0.2, 0) is 6.54 Å². The Balaban J connectivity index is 2.02. The van der Waals surface area contributed by atoms with Gasteiger partial charge in [-0.15, -0.1) is 11.3 Å². The van der Waals surface area contributed by atoms with Crippen molar-refractivity contribution in [2.75, 3.05) is 0 Å². The zero-order valence-electron chi connectivity index (χ0n) is 9.24. The van der Waals surface area contributed by atoms with Crippen LogP contribution in [0.2, 0.25) is 0 Å². The minimum absolute atomic E-state index is 0.0723. The lowest BCUT2D eigenvalue weighted by Crippen LogP contribution is -2.23. The van der Waals surface area contributed by atoms with Gasteiger partial charge in [0.15, 0.2) is 0 Å². The average Bonchev–Trinajstić information content (AvgIpc) is 2.74. The maximum atomic E-state index is 11.9. The number of hydrogen-bond donors (Lipinski definition) is 1. The highest BCUT2D eigenvalue weighted by atomic mass is 79.9. The van der Waals surface area contributed by atoms with Crippen LogP contribution in [0.25, 0.3) is 0 Å². The molecule has 0 fully saturated rings. The van der Waals surface area contributed by atoms with Crippen molar-refractivity contribution in [3.63, 3.8) is 0 Å². The summed E-state index contributed by atoms with van der Waals surface area (Å²) in [7, 11) is 0. The van der Waals surface area contributed by atoms with Gasteiger partial charge in [0.2, 0.25) is 0 Å². The highest BCUT2D eigenvalue weighted by Gasteiger charge is 2.11. The number of thiophene rings is 1. The lowest BCUT2D eigenvalue weighted by atomic mass is 10.2. The van der Waals surface area contributed by atoms with Crippen molar-refractivity contribution in [2.24, 2.45) is 0 Å². The van der Waals surface area contributed by atoms with E-state index in [-0.39, 0.29) is 5.91 Å². The number of carbonyl (C=O) groups is 1. The molecule has 5 heteroatoms. The Kier molecular flexibility index (Phi) is 3.91. The summed E-state index contributed by atoms with van der Waals surface area (Å²) in [6.45, 7) is 2.44. The van der Waals surface area contributed by atoms with Gasteiger partial charge in [-0.05, 0) is 45.9 Å². The third kappa shape index (κ3) is 2.92. The van der Waals surface area contributed by atoms with Gasteiger partial charge in [0, 0.05) is 10.7 Å². The van der Waals surface area contributed by atoms with Crippen LogP contribution in [0.1, 0.15) is 20.9 Å². The smallest absolute Gasteiger partial charge is 0.262 e. The molecule has 0 aliphatic heterocycles. The summed E-state index contributed by atoms with van der Waals surface area (Å²) >= 11 is 4.76. The standard InChI is InChI=1S/C12H11BrN2OS/c1-8-3-2-5-14-10(8)7-15-12(16)11-9(13)4-6-17-11/h2-6H,7H2,1H3,(H,15,16). The molecule has 88 valence electrons. The fourth-order valence-corrected chi connectivity index (χ4v) is 2.87. The third-order valence-electron chi connectivity index (χ3n) is 2.36. The van der Waals surface area contributed by atoms with Gasteiger partial charge in [-0.2, -0.15) is 0 Å². The van der Waals surface area contributed by atoms with Gasteiger partial charge in [-0.25, -0.2) is 0 Å². The Morgan fingerprint density at radius 2 is 2.35 bits per heavy atom. The monoisotopic (exact) mass is 310 g/mol. The van der Waals surface area contributed by atoms with Crippen molar-refractivity contribution in [1.29, 1.82) is 0 Å². The first-order valence-electron chi connectivity index (χ1n) is 5.10. The van der Waals surface area contributed by atoms with E-state index in [9.17, 15) is 4.79 Å². The van der Waals surface area contributed by atoms with E-state index in [0.29, 0.717) is 11.4 Å². The van der Waals surface area contributed by atoms with Gasteiger partial charge in [0.05, 0.1) is 12.2 Å². The van der Waals surface area contributed by atoms with Crippen LogP contribution < -0.4 is 5.32 Å². The molecule has 0 saturated carbocycles. The number of carbonyl (C=O) groups excluding carboxylic acids is 1. The summed E-state index contributed by atoms with van der Waals surface area (Å²) < 4.78 is 0.831. The Labute approximate surface area is 112 Å². The van der Waals surface area contributed by atoms with Gasteiger partial charge in [-0.1, -0.05) is 6.07 Å². The first kappa shape index (κ1) is 12.3. The predicted molar refractivity (Wildman–Crippen MR) is 72.2 cm³/mol. The number of hydrogen-bond acceptors (Lipinski definition) is 3. The third-order valence-corrected chi connectivity index (χ3v) is 4.19. The first-order valence-corrected chi connectivity index (χ1v) is 6.77. The summed E-state index contributed by atoms with van der Waals surface area (Å²) in [5, 5.41) is 4.74. The summed E-state index contributed by atoms with van der Waals surface area (Å²) in [5.41, 5.74) is 1.98. The van der Waals surface area contributed by atoms with E-state index < -0.39 is 0 Å². The average molecular weight is 311 g/mol. The number of halogens is 1. The van der Waals surface area contributed by atoms with Crippen LogP contribution in [0, 0.1) is 6.92 Å². The van der Waals surface area contributed by atoms with Gasteiger partial charge < -0.3 is 5.32 Å². The minimum Gasteiger partial charge on any atom is -0.346 e. The SMILES string of the molecule is Cc1cccnc1CNC(=O)c1sccc1Br. The predicted octanol–water partition coefficient (Wildman–Crippen LogP) is 3.14. The number of nitrogens with zero attached hydrogens (tertiary/aromatic N) is 1. The molecule has 0 aliphatic carbocycles. The van der Waals surface area contributed by atoms with Crippen LogP contribution in [0.3, 0.4) is 0 Å². The number of rotatable bonds is 3. The molecular weight excluding hydrogens is 300 g/mol. The van der Waals surface area contributed by atoms with E-state index in [1.807, 2.05) is 30.5 Å². The summed E-state index contributed by atoms with van der Waals surface area (Å²) in [6, 6.07) is 5.73. The molecular formula is C12H11BrN2OS. The van der Waals surface area contributed by atoms with Crippen molar-refractivity contribution < 1.29 is 4.79 Å². The second-order valence-electron chi connectivity index (χ2n) is 3.55. The highest BCUT2D eigenvalue weighted by Crippen LogP contribution is 2.22. The molecule has 2 aromatic rings. The second-order valence-corrected chi connectivity index (χ2v) is 5.32. The molecule has 0 bridgehead atoms. The molecule has 0 atom stereocenters. The van der Waals surface area contributed by atoms with E-state index in [2.05, 4.69) is 26.2 Å². The highest BCUT2D eigenvalue weighted by molar-refractivity contribution is 9.10. The van der Waals surface area contributed by atoms with Crippen LogP contribution in [-0.4, -0.2) is 10.9 Å². The number of aromatic nitrogens is 1. The van der Waals surface area contributed by atoms with Gasteiger partial charge in [0.1, 0.15) is 4.88 Å². The molecule has 1 amide bonds. The molecule has 0 radical (unpaired) electrons. The van der Waals surface area contributed by atoms with Crippen LogP contribution in [0.4, 0.5) is 0 Å². The fourth-order valence-electron chi connectivity index (χ4n) is 1.40. The number of nitrogens with one attached hydrogen (secondary N) is 1. The van der Waals surface area contributed by atoms with Gasteiger partial charge in [-0.3, -0.25) is 9.78 Å². The maximum absolute atomic E-state index is 11.9. The van der Waals surface area contributed by atoms with Crippen LogP contribution >= 0.6 is 27.3 Å². The topological polar surface area (TPSA) is 42.0 Å². The molecule has 0 aromatic carbocycles. The molecule has 3 nitrogen and oxygen atoms in total. The molecule has 0 spiro atoms. The molecule has 2 aromatic heterocycles. The molecule has 0 aliphatic rings. The van der Waals surface area contributed by atoms with E-state index in [1.54, 1.807) is 6.20 Å².